The fourth-order valence-corrected chi connectivity index (χ4v) is 2.22. The van der Waals surface area contributed by atoms with Gasteiger partial charge in [-0.05, 0) is 19.3 Å². The molecule has 2 atom stereocenters. The number of hydrogen-bond acceptors (Lipinski definition) is 3. The molecule has 0 amide bonds. The van der Waals surface area contributed by atoms with E-state index in [9.17, 15) is 9.90 Å². The first-order chi connectivity index (χ1) is 8.70. The number of epoxide rings is 2. The maximum atomic E-state index is 11.4. The predicted molar refractivity (Wildman–Crippen MR) is 67.5 cm³/mol. The molecule has 4 nitrogen and oxygen atoms in total. The minimum absolute atomic E-state index is 0.136. The summed E-state index contributed by atoms with van der Waals surface area (Å²) in [6, 6.07) is 0. The molecule has 2 unspecified atom stereocenters. The normalized spacial score (nSPS) is 26.7. The van der Waals surface area contributed by atoms with Crippen LogP contribution in [0.1, 0.15) is 45.4 Å². The van der Waals surface area contributed by atoms with Crippen molar-refractivity contribution in [2.45, 2.75) is 57.7 Å². The Morgan fingerprint density at radius 2 is 1.78 bits per heavy atom. The highest BCUT2D eigenvalue weighted by atomic mass is 16.6. The quantitative estimate of drug-likeness (QED) is 0.390. The summed E-state index contributed by atoms with van der Waals surface area (Å²) in [5.41, 5.74) is 1.65. The van der Waals surface area contributed by atoms with Gasteiger partial charge in [0.1, 0.15) is 0 Å². The topological polar surface area (TPSA) is 62.4 Å². The van der Waals surface area contributed by atoms with Crippen molar-refractivity contribution in [3.8, 4) is 0 Å². The smallest absolute Gasteiger partial charge is 0.331 e. The van der Waals surface area contributed by atoms with Gasteiger partial charge in [-0.1, -0.05) is 25.3 Å². The van der Waals surface area contributed by atoms with E-state index in [2.05, 4.69) is 6.92 Å². The molecule has 0 aliphatic carbocycles. The van der Waals surface area contributed by atoms with Crippen molar-refractivity contribution >= 4 is 5.97 Å². The van der Waals surface area contributed by atoms with Crippen molar-refractivity contribution < 1.29 is 19.4 Å². The standard InChI is InChI=1S/C14H22O4/c1-2-3-4-5-10(6-11-8-17-11)13(14(15)16)7-12-9-18-12/h11-12H,2-9H2,1H3,(H,15,16)/b13-10-. The third kappa shape index (κ3) is 4.42. The van der Waals surface area contributed by atoms with Crippen molar-refractivity contribution in [1.29, 1.82) is 0 Å². The molecular formula is C14H22O4. The maximum absolute atomic E-state index is 11.4. The Hall–Kier alpha value is -0.870. The second kappa shape index (κ2) is 6.34. The van der Waals surface area contributed by atoms with Crippen LogP contribution < -0.4 is 0 Å². The van der Waals surface area contributed by atoms with E-state index >= 15 is 0 Å². The van der Waals surface area contributed by atoms with Gasteiger partial charge >= 0.3 is 5.97 Å². The molecule has 0 radical (unpaired) electrons. The van der Waals surface area contributed by atoms with Crippen LogP contribution in [0.15, 0.2) is 11.1 Å². The highest BCUT2D eigenvalue weighted by molar-refractivity contribution is 5.87. The minimum Gasteiger partial charge on any atom is -0.478 e. The average molecular weight is 254 g/mol. The minimum atomic E-state index is -0.780. The summed E-state index contributed by atoms with van der Waals surface area (Å²) in [4.78, 5) is 11.4. The third-order valence-electron chi connectivity index (χ3n) is 3.48. The lowest BCUT2D eigenvalue weighted by atomic mass is 9.94. The third-order valence-corrected chi connectivity index (χ3v) is 3.48. The molecule has 2 fully saturated rings. The fourth-order valence-electron chi connectivity index (χ4n) is 2.22. The summed E-state index contributed by atoms with van der Waals surface area (Å²) in [5, 5.41) is 9.36. The van der Waals surface area contributed by atoms with Gasteiger partial charge in [-0.25, -0.2) is 4.79 Å². The zero-order chi connectivity index (χ0) is 13.0. The van der Waals surface area contributed by atoms with E-state index in [0.717, 1.165) is 44.3 Å². The highest BCUT2D eigenvalue weighted by Crippen LogP contribution is 2.30. The molecule has 0 bridgehead atoms. The summed E-state index contributed by atoms with van der Waals surface area (Å²) in [6.07, 6.45) is 6.02. The number of carboxylic acid groups (broad SMARTS) is 1. The van der Waals surface area contributed by atoms with E-state index < -0.39 is 5.97 Å². The Morgan fingerprint density at radius 3 is 2.28 bits per heavy atom. The van der Waals surface area contributed by atoms with Crippen molar-refractivity contribution in [3.63, 3.8) is 0 Å². The van der Waals surface area contributed by atoms with Crippen LogP contribution in [0.25, 0.3) is 0 Å². The number of hydrogen-bond donors (Lipinski definition) is 1. The average Bonchev–Trinajstić information content (AvgIpc) is 3.20. The lowest BCUT2D eigenvalue weighted by Crippen LogP contribution is -2.09. The molecular weight excluding hydrogens is 232 g/mol. The van der Waals surface area contributed by atoms with Crippen molar-refractivity contribution in [2.24, 2.45) is 0 Å². The summed E-state index contributed by atoms with van der Waals surface area (Å²) in [7, 11) is 0. The highest BCUT2D eigenvalue weighted by Gasteiger charge is 2.30. The number of ether oxygens (including phenoxy) is 2. The molecule has 2 aliphatic rings. The molecule has 0 spiro atoms. The number of aliphatic carboxylic acids is 1. The largest absolute Gasteiger partial charge is 0.478 e. The number of carboxylic acids is 1. The van der Waals surface area contributed by atoms with Crippen molar-refractivity contribution in [3.05, 3.63) is 11.1 Å². The Kier molecular flexibility index (Phi) is 4.78. The van der Waals surface area contributed by atoms with Crippen LogP contribution in [0.3, 0.4) is 0 Å². The van der Waals surface area contributed by atoms with Crippen LogP contribution in [0, 0.1) is 0 Å². The van der Waals surface area contributed by atoms with E-state index in [4.69, 9.17) is 9.47 Å². The fraction of sp³-hybridized carbons (Fsp3) is 0.786. The van der Waals surface area contributed by atoms with Gasteiger partial charge in [0, 0.05) is 12.0 Å². The van der Waals surface area contributed by atoms with E-state index in [1.165, 1.54) is 0 Å². The van der Waals surface area contributed by atoms with Gasteiger partial charge in [0.2, 0.25) is 0 Å². The lowest BCUT2D eigenvalue weighted by Gasteiger charge is -2.11. The van der Waals surface area contributed by atoms with Crippen LogP contribution in [0.4, 0.5) is 0 Å². The zero-order valence-corrected chi connectivity index (χ0v) is 11.0. The molecule has 1 N–H and O–H groups in total. The first kappa shape index (κ1) is 13.6. The van der Waals surface area contributed by atoms with Gasteiger partial charge in [0.25, 0.3) is 0 Å². The molecule has 2 saturated heterocycles. The predicted octanol–water partition coefficient (Wildman–Crippen LogP) is 2.53. The van der Waals surface area contributed by atoms with Crippen LogP contribution in [-0.2, 0) is 14.3 Å². The Morgan fingerprint density at radius 1 is 1.17 bits per heavy atom. The molecule has 2 aliphatic heterocycles. The Bertz CT molecular complexity index is 327. The summed E-state index contributed by atoms with van der Waals surface area (Å²) < 4.78 is 10.4. The maximum Gasteiger partial charge on any atom is 0.331 e. The zero-order valence-electron chi connectivity index (χ0n) is 11.0. The first-order valence-electron chi connectivity index (χ1n) is 6.88. The molecule has 2 rings (SSSR count). The van der Waals surface area contributed by atoms with Gasteiger partial charge in [-0.2, -0.15) is 0 Å². The molecule has 4 heteroatoms. The van der Waals surface area contributed by atoms with Crippen LogP contribution >= 0.6 is 0 Å². The number of carbonyl (C=O) groups is 1. The second-order valence-electron chi connectivity index (χ2n) is 5.16. The summed E-state index contributed by atoms with van der Waals surface area (Å²) in [5.74, 6) is -0.780. The SMILES string of the molecule is CCCCC/C(CC1CO1)=C(\CC1CO1)C(=O)O. The van der Waals surface area contributed by atoms with Crippen molar-refractivity contribution in [1.82, 2.24) is 0 Å². The van der Waals surface area contributed by atoms with Gasteiger partial charge in [-0.15, -0.1) is 0 Å². The van der Waals surface area contributed by atoms with E-state index in [1.54, 1.807) is 0 Å². The van der Waals surface area contributed by atoms with Crippen LogP contribution in [-0.4, -0.2) is 36.5 Å². The van der Waals surface area contributed by atoms with E-state index in [0.29, 0.717) is 18.6 Å². The van der Waals surface area contributed by atoms with Gasteiger partial charge < -0.3 is 14.6 Å². The van der Waals surface area contributed by atoms with Crippen molar-refractivity contribution in [2.75, 3.05) is 13.2 Å². The van der Waals surface area contributed by atoms with Gasteiger partial charge in [0.05, 0.1) is 25.4 Å². The van der Waals surface area contributed by atoms with E-state index in [1.807, 2.05) is 0 Å². The number of rotatable bonds is 9. The Labute approximate surface area is 108 Å². The van der Waals surface area contributed by atoms with E-state index in [-0.39, 0.29) is 12.2 Å². The van der Waals surface area contributed by atoms with Gasteiger partial charge in [0.15, 0.2) is 0 Å². The summed E-state index contributed by atoms with van der Waals surface area (Å²) in [6.45, 7) is 3.65. The van der Waals surface area contributed by atoms with Crippen LogP contribution in [0.5, 0.6) is 0 Å². The molecule has 0 aromatic rings. The summed E-state index contributed by atoms with van der Waals surface area (Å²) >= 11 is 0. The number of unbranched alkanes of at least 4 members (excludes halogenated alkanes) is 2. The molecule has 102 valence electrons. The molecule has 0 aromatic carbocycles. The molecule has 18 heavy (non-hydrogen) atoms. The lowest BCUT2D eigenvalue weighted by molar-refractivity contribution is -0.133. The molecule has 0 saturated carbocycles. The monoisotopic (exact) mass is 254 g/mol. The molecule has 2 heterocycles. The van der Waals surface area contributed by atoms with Gasteiger partial charge in [-0.3, -0.25) is 0 Å². The second-order valence-corrected chi connectivity index (χ2v) is 5.16. The Balaban J connectivity index is 2.00. The van der Waals surface area contributed by atoms with Crippen LogP contribution in [0.2, 0.25) is 0 Å². The first-order valence-corrected chi connectivity index (χ1v) is 6.88. The molecule has 0 aromatic heterocycles.